The Bertz CT molecular complexity index is 582. The highest BCUT2D eigenvalue weighted by atomic mass is 32.2. The maximum absolute atomic E-state index is 13.4. The summed E-state index contributed by atoms with van der Waals surface area (Å²) in [6.07, 6.45) is 0. The van der Waals surface area contributed by atoms with Gasteiger partial charge in [-0.2, -0.15) is 0 Å². The number of hydrogen-bond acceptors (Lipinski definition) is 2. The summed E-state index contributed by atoms with van der Waals surface area (Å²) in [4.78, 5) is 1.15. The molecule has 92 valence electrons. The van der Waals surface area contributed by atoms with Crippen LogP contribution in [0.4, 0.5) is 8.78 Å². The van der Waals surface area contributed by atoms with Crippen LogP contribution in [0.1, 0.15) is 5.56 Å². The number of rotatable bonds is 3. The zero-order valence-corrected chi connectivity index (χ0v) is 10.1. The number of halogens is 2. The van der Waals surface area contributed by atoms with Crippen molar-refractivity contribution in [3.63, 3.8) is 0 Å². The highest BCUT2D eigenvalue weighted by Crippen LogP contribution is 2.30. The maximum Gasteiger partial charge on any atom is 0.140 e. The first-order valence-electron chi connectivity index (χ1n) is 5.13. The molecule has 0 aromatic heterocycles. The molecule has 0 saturated heterocycles. The topological polar surface area (TPSA) is 49.9 Å². The number of nitrogen functional groups attached to an aromatic ring is 1. The molecule has 5 heteroatoms. The zero-order chi connectivity index (χ0) is 13.1. The van der Waals surface area contributed by atoms with Crippen LogP contribution in [0.25, 0.3) is 0 Å². The smallest absolute Gasteiger partial charge is 0.140 e. The summed E-state index contributed by atoms with van der Waals surface area (Å²) in [5.41, 5.74) is 5.94. The van der Waals surface area contributed by atoms with Crippen LogP contribution in [0.5, 0.6) is 0 Å². The molecule has 2 aromatic rings. The normalized spacial score (nSPS) is 10.3. The first-order chi connectivity index (χ1) is 8.56. The van der Waals surface area contributed by atoms with Crippen molar-refractivity contribution < 1.29 is 8.78 Å². The van der Waals surface area contributed by atoms with Gasteiger partial charge in [-0.05, 0) is 24.3 Å². The minimum Gasteiger partial charge on any atom is -0.384 e. The van der Waals surface area contributed by atoms with Crippen LogP contribution in [0.15, 0.2) is 52.3 Å². The molecule has 0 unspecified atom stereocenters. The summed E-state index contributed by atoms with van der Waals surface area (Å²) in [5, 5.41) is 7.25. The Morgan fingerprint density at radius 3 is 2.28 bits per heavy atom. The largest absolute Gasteiger partial charge is 0.384 e. The molecule has 0 heterocycles. The number of nitrogens with one attached hydrogen (secondary N) is 1. The molecule has 0 aliphatic rings. The van der Waals surface area contributed by atoms with E-state index in [2.05, 4.69) is 0 Å². The van der Waals surface area contributed by atoms with Crippen LogP contribution in [-0.4, -0.2) is 5.84 Å². The lowest BCUT2D eigenvalue weighted by Crippen LogP contribution is -2.10. The predicted molar refractivity (Wildman–Crippen MR) is 67.9 cm³/mol. The summed E-state index contributed by atoms with van der Waals surface area (Å²) in [6, 6.07) is 10.3. The monoisotopic (exact) mass is 264 g/mol. The van der Waals surface area contributed by atoms with Gasteiger partial charge in [0.15, 0.2) is 0 Å². The molecule has 0 bridgehead atoms. The number of hydrogen-bond donors (Lipinski definition) is 2. The molecule has 2 aromatic carbocycles. The second-order valence-corrected chi connectivity index (χ2v) is 4.73. The number of amidine groups is 1. The molecule has 0 fully saturated rings. The Kier molecular flexibility index (Phi) is 3.62. The van der Waals surface area contributed by atoms with E-state index in [1.54, 1.807) is 24.3 Å². The van der Waals surface area contributed by atoms with Crippen molar-refractivity contribution in [1.82, 2.24) is 0 Å². The maximum atomic E-state index is 13.4. The van der Waals surface area contributed by atoms with Gasteiger partial charge in [0.05, 0.1) is 0 Å². The Morgan fingerprint density at radius 1 is 1.06 bits per heavy atom. The van der Waals surface area contributed by atoms with Gasteiger partial charge in [-0.1, -0.05) is 23.9 Å². The van der Waals surface area contributed by atoms with Gasteiger partial charge in [-0.3, -0.25) is 5.41 Å². The second-order valence-electron chi connectivity index (χ2n) is 3.61. The van der Waals surface area contributed by atoms with Crippen LogP contribution < -0.4 is 5.73 Å². The fourth-order valence-electron chi connectivity index (χ4n) is 1.39. The van der Waals surface area contributed by atoms with Gasteiger partial charge in [0.1, 0.15) is 17.5 Å². The van der Waals surface area contributed by atoms with Crippen LogP contribution in [0.2, 0.25) is 0 Å². The summed E-state index contributed by atoms with van der Waals surface area (Å²) in [7, 11) is 0. The van der Waals surface area contributed by atoms with Crippen molar-refractivity contribution in [2.45, 2.75) is 9.79 Å². The highest BCUT2D eigenvalue weighted by Gasteiger charge is 2.06. The zero-order valence-electron chi connectivity index (χ0n) is 9.28. The molecule has 0 spiro atoms. The summed E-state index contributed by atoms with van der Waals surface area (Å²) in [6.45, 7) is 0. The van der Waals surface area contributed by atoms with Crippen molar-refractivity contribution in [1.29, 1.82) is 5.41 Å². The molecule has 0 aliphatic heterocycles. The molecule has 0 amide bonds. The van der Waals surface area contributed by atoms with Crippen LogP contribution in [-0.2, 0) is 0 Å². The second kappa shape index (κ2) is 5.18. The third-order valence-electron chi connectivity index (χ3n) is 2.29. The Hall–Kier alpha value is -1.88. The molecular formula is C13H10F2N2S. The van der Waals surface area contributed by atoms with E-state index in [0.717, 1.165) is 11.0 Å². The van der Waals surface area contributed by atoms with Crippen molar-refractivity contribution in [3.8, 4) is 0 Å². The standard InChI is InChI=1S/C13H10F2N2S/c14-9-3-6-12(11(15)7-9)18-10-4-1-8(2-5-10)13(16)17/h1-7H,(H3,16,17). The Morgan fingerprint density at radius 2 is 1.72 bits per heavy atom. The van der Waals surface area contributed by atoms with Gasteiger partial charge >= 0.3 is 0 Å². The number of benzene rings is 2. The fourth-order valence-corrected chi connectivity index (χ4v) is 2.21. The van der Waals surface area contributed by atoms with E-state index < -0.39 is 11.6 Å². The summed E-state index contributed by atoms with van der Waals surface area (Å²) in [5.74, 6) is -1.20. The van der Waals surface area contributed by atoms with Gasteiger partial charge in [0.2, 0.25) is 0 Å². The molecular weight excluding hydrogens is 254 g/mol. The van der Waals surface area contributed by atoms with E-state index >= 15 is 0 Å². The quantitative estimate of drug-likeness (QED) is 0.659. The van der Waals surface area contributed by atoms with E-state index in [4.69, 9.17) is 11.1 Å². The molecule has 18 heavy (non-hydrogen) atoms. The number of nitrogens with two attached hydrogens (primary N) is 1. The van der Waals surface area contributed by atoms with Crippen LogP contribution in [0.3, 0.4) is 0 Å². The minimum atomic E-state index is -0.594. The summed E-state index contributed by atoms with van der Waals surface area (Å²) >= 11 is 1.19. The van der Waals surface area contributed by atoms with Gasteiger partial charge in [0, 0.05) is 21.4 Å². The molecule has 2 rings (SSSR count). The first kappa shape index (κ1) is 12.6. The van der Waals surface area contributed by atoms with Crippen molar-refractivity contribution in [2.75, 3.05) is 0 Å². The average molecular weight is 264 g/mol. The minimum absolute atomic E-state index is 0.0143. The van der Waals surface area contributed by atoms with Crippen LogP contribution >= 0.6 is 11.8 Å². The van der Waals surface area contributed by atoms with Crippen LogP contribution in [0, 0.1) is 17.0 Å². The van der Waals surface area contributed by atoms with E-state index in [1.165, 1.54) is 23.9 Å². The molecule has 3 N–H and O–H groups in total. The van der Waals surface area contributed by atoms with Gasteiger partial charge in [-0.25, -0.2) is 8.78 Å². The molecule has 0 aliphatic carbocycles. The molecule has 0 atom stereocenters. The third kappa shape index (κ3) is 2.87. The SMILES string of the molecule is N=C(N)c1ccc(Sc2ccc(F)cc2F)cc1. The Balaban J connectivity index is 2.21. The van der Waals surface area contributed by atoms with Crippen molar-refractivity contribution >= 4 is 17.6 Å². The lowest BCUT2D eigenvalue weighted by molar-refractivity contribution is 0.565. The Labute approximate surface area is 107 Å². The predicted octanol–water partition coefficient (Wildman–Crippen LogP) is 3.40. The highest BCUT2D eigenvalue weighted by molar-refractivity contribution is 7.99. The fraction of sp³-hybridized carbons (Fsp3) is 0. The molecule has 0 saturated carbocycles. The van der Waals surface area contributed by atoms with Gasteiger partial charge in [-0.15, -0.1) is 0 Å². The van der Waals surface area contributed by atoms with Crippen molar-refractivity contribution in [3.05, 3.63) is 59.7 Å². The molecule has 2 nitrogen and oxygen atoms in total. The van der Waals surface area contributed by atoms with Gasteiger partial charge < -0.3 is 5.73 Å². The van der Waals surface area contributed by atoms with E-state index in [-0.39, 0.29) is 5.84 Å². The van der Waals surface area contributed by atoms with Gasteiger partial charge in [0.25, 0.3) is 0 Å². The third-order valence-corrected chi connectivity index (χ3v) is 3.35. The first-order valence-corrected chi connectivity index (χ1v) is 5.95. The lowest BCUT2D eigenvalue weighted by atomic mass is 10.2. The van der Waals surface area contributed by atoms with Crippen molar-refractivity contribution in [2.24, 2.45) is 5.73 Å². The lowest BCUT2D eigenvalue weighted by Gasteiger charge is -2.04. The summed E-state index contributed by atoms with van der Waals surface area (Å²) < 4.78 is 26.2. The molecule has 0 radical (unpaired) electrons. The van der Waals surface area contributed by atoms with E-state index in [9.17, 15) is 8.78 Å². The average Bonchev–Trinajstić information content (AvgIpc) is 2.33. The van der Waals surface area contributed by atoms with E-state index in [0.29, 0.717) is 10.5 Å². The van der Waals surface area contributed by atoms with E-state index in [1.807, 2.05) is 0 Å².